The summed E-state index contributed by atoms with van der Waals surface area (Å²) in [6.45, 7) is 14.0. The zero-order valence-electron chi connectivity index (χ0n) is 37.4. The minimum atomic E-state index is -5.12. The molecule has 6 aliphatic heterocycles. The molecular formula is C37H61N8NaO16S. The molecule has 0 aromatic heterocycles. The number of carbonyl (C=O) groups excluding carboxylic acids is 6. The van der Waals surface area contributed by atoms with Gasteiger partial charge in [0, 0.05) is 46.4 Å². The smallest absolute Gasteiger partial charge is 0.724 e. The van der Waals surface area contributed by atoms with Crippen LogP contribution in [0.5, 0.6) is 0 Å². The van der Waals surface area contributed by atoms with Crippen molar-refractivity contribution in [1.29, 1.82) is 0 Å². The summed E-state index contributed by atoms with van der Waals surface area (Å²) in [6, 6.07) is -2.87. The predicted molar refractivity (Wildman–Crippen MR) is 211 cm³/mol. The summed E-state index contributed by atoms with van der Waals surface area (Å²) in [7, 11) is -3.35. The fourth-order valence-electron chi connectivity index (χ4n) is 7.74. The first-order chi connectivity index (χ1) is 29.0. The van der Waals surface area contributed by atoms with Crippen LogP contribution in [-0.4, -0.2) is 199 Å². The van der Waals surface area contributed by atoms with E-state index >= 15 is 0 Å². The van der Waals surface area contributed by atoms with Crippen molar-refractivity contribution in [3.8, 4) is 0 Å². The topological polar surface area (TPSA) is 268 Å². The van der Waals surface area contributed by atoms with Crippen LogP contribution in [0.4, 0.5) is 19.2 Å². The van der Waals surface area contributed by atoms with E-state index in [-0.39, 0.29) is 98.9 Å². The third-order valence-electron chi connectivity index (χ3n) is 10.6. The number of nitrogens with one attached hydrogen (secondary N) is 2. The van der Waals surface area contributed by atoms with Gasteiger partial charge in [-0.05, 0) is 80.1 Å². The second-order valence-corrected chi connectivity index (χ2v) is 18.8. The summed E-state index contributed by atoms with van der Waals surface area (Å²) in [5.41, 5.74) is 3.54. The largest absolute Gasteiger partial charge is 1.00 e. The van der Waals surface area contributed by atoms with Gasteiger partial charge in [0.1, 0.15) is 48.7 Å². The van der Waals surface area contributed by atoms with Gasteiger partial charge in [-0.15, -0.1) is 0 Å². The van der Waals surface area contributed by atoms with Gasteiger partial charge in [0.15, 0.2) is 0 Å². The Kier molecular flexibility index (Phi) is 18.5. The van der Waals surface area contributed by atoms with E-state index in [0.29, 0.717) is 63.7 Å². The van der Waals surface area contributed by atoms with Crippen LogP contribution >= 0.6 is 0 Å². The molecule has 0 aromatic carbocycles. The number of hydrogen-bond donors (Lipinski definition) is 2. The van der Waals surface area contributed by atoms with Gasteiger partial charge < -0.3 is 48.0 Å². The Hall–Kier alpha value is -3.27. The fraction of sp³-hybridized carbons (Fsp3) is 0.838. The van der Waals surface area contributed by atoms with Crippen LogP contribution in [0, 0.1) is 0 Å². The van der Waals surface area contributed by atoms with Gasteiger partial charge in [-0.2, -0.15) is 9.35 Å². The number of amides is 8. The number of piperidine rings is 2. The molecule has 0 aliphatic carbocycles. The van der Waals surface area contributed by atoms with Crippen molar-refractivity contribution >= 4 is 46.5 Å². The Bertz CT molecular complexity index is 1750. The number of likely N-dealkylation sites (N-methyl/N-ethyl adjacent to an activating group) is 1. The molecule has 6 fully saturated rings. The average molecular weight is 929 g/mol. The van der Waals surface area contributed by atoms with Crippen molar-refractivity contribution in [3.05, 3.63) is 0 Å². The third kappa shape index (κ3) is 15.1. The van der Waals surface area contributed by atoms with Crippen LogP contribution in [0.25, 0.3) is 0 Å². The Labute approximate surface area is 389 Å². The van der Waals surface area contributed by atoms with Crippen LogP contribution in [0.15, 0.2) is 0 Å². The quantitative estimate of drug-likeness (QED) is 0.101. The van der Waals surface area contributed by atoms with Crippen LogP contribution < -0.4 is 40.5 Å². The van der Waals surface area contributed by atoms with Crippen molar-refractivity contribution < 1.29 is 104 Å². The summed E-state index contributed by atoms with van der Waals surface area (Å²) >= 11 is 0. The van der Waals surface area contributed by atoms with Crippen LogP contribution in [0.3, 0.4) is 0 Å². The molecule has 8 amide bonds. The molecule has 0 aromatic rings. The molecule has 6 atom stereocenters. The number of hydroxylamine groups is 4. The molecule has 352 valence electrons. The Morgan fingerprint density at radius 2 is 1.13 bits per heavy atom. The summed E-state index contributed by atoms with van der Waals surface area (Å²) in [5, 5.41) is 0.501. The van der Waals surface area contributed by atoms with Crippen molar-refractivity contribution in [2.24, 2.45) is 0 Å². The molecule has 2 N–H and O–H groups in total. The van der Waals surface area contributed by atoms with Crippen molar-refractivity contribution in [2.75, 3.05) is 72.7 Å². The second-order valence-electron chi connectivity index (χ2n) is 17.9. The minimum Gasteiger partial charge on any atom is -0.724 e. The zero-order valence-corrected chi connectivity index (χ0v) is 40.2. The Morgan fingerprint density at radius 3 is 1.57 bits per heavy atom. The Morgan fingerprint density at radius 1 is 0.698 bits per heavy atom. The molecule has 26 heteroatoms. The molecule has 2 unspecified atom stereocenters. The first kappa shape index (κ1) is 52.4. The third-order valence-corrected chi connectivity index (χ3v) is 11.0. The molecule has 63 heavy (non-hydrogen) atoms. The van der Waals surface area contributed by atoms with E-state index < -0.39 is 63.9 Å². The number of nitrogens with zero attached hydrogens (tertiary/aromatic N) is 6. The number of urea groups is 2. The van der Waals surface area contributed by atoms with Gasteiger partial charge in [-0.1, -0.05) is 0 Å². The first-order valence-electron chi connectivity index (χ1n) is 20.8. The molecule has 6 aliphatic rings. The SMILES string of the molecule is CC(C)(C)OC(=O)N1CCCOC(CONC(=O)[C@@H]2CC[C@@H]3CN2C(=O)N3OS(=O)(=O)[O-])C1.CN1C(=O)N2C[C@H]1CC[C@H]2C(=O)NOCC1CN(C(=O)OC(C)(C)C)CCCO1.[Na+]. The molecule has 6 heterocycles. The predicted octanol–water partition coefficient (Wildman–Crippen LogP) is -2.32. The fourth-order valence-corrected chi connectivity index (χ4v) is 8.12. The molecule has 6 rings (SSSR count). The normalized spacial score (nSPS) is 26.5. The monoisotopic (exact) mass is 928 g/mol. The first-order valence-corrected chi connectivity index (χ1v) is 22.1. The molecule has 0 radical (unpaired) electrons. The van der Waals surface area contributed by atoms with Gasteiger partial charge in [0.05, 0.1) is 25.2 Å². The summed E-state index contributed by atoms with van der Waals surface area (Å²) in [6.07, 6.45) is 1.52. The molecule has 6 saturated heterocycles. The summed E-state index contributed by atoms with van der Waals surface area (Å²) in [5.74, 6) is -0.934. The van der Waals surface area contributed by atoms with E-state index in [0.717, 1.165) is 11.3 Å². The number of ether oxygens (including phenoxy) is 4. The maximum Gasteiger partial charge on any atom is 1.00 e. The van der Waals surface area contributed by atoms with E-state index in [9.17, 15) is 41.7 Å². The molecule has 0 spiro atoms. The van der Waals surface area contributed by atoms with Gasteiger partial charge in [-0.3, -0.25) is 19.3 Å². The van der Waals surface area contributed by atoms with E-state index in [1.807, 2.05) is 20.8 Å². The second kappa shape index (κ2) is 22.3. The van der Waals surface area contributed by atoms with Gasteiger partial charge in [-0.25, -0.2) is 38.6 Å². The van der Waals surface area contributed by atoms with Crippen molar-refractivity contribution in [3.63, 3.8) is 0 Å². The minimum absolute atomic E-state index is 0. The Balaban J connectivity index is 0.000000274. The van der Waals surface area contributed by atoms with Gasteiger partial charge in [0.25, 0.3) is 11.8 Å². The van der Waals surface area contributed by atoms with Gasteiger partial charge >= 0.3 is 53.8 Å². The van der Waals surface area contributed by atoms with Crippen LogP contribution in [0.2, 0.25) is 0 Å². The molecular weight excluding hydrogens is 868 g/mol. The van der Waals surface area contributed by atoms with E-state index in [1.54, 1.807) is 42.5 Å². The average Bonchev–Trinajstić information content (AvgIpc) is 3.40. The van der Waals surface area contributed by atoms with E-state index in [1.165, 1.54) is 4.90 Å². The van der Waals surface area contributed by atoms with Crippen LogP contribution in [-0.2, 0) is 52.9 Å². The standard InChI is InChI=1S/C19H32N4O6.C18H30N4O10S.Na/c1-19(2,3)29-18(26)22-8-5-9-27-14(11-22)12-28-20-16(24)15-7-6-13-10-23(15)17(25)21(13)4;1-18(2,3)31-17(25)20-7-4-8-29-13(10-20)11-30-19-15(23)14-6-5-12-9-21(14)16(24)22(12)32-33(26,27)28;/h13-15H,5-12H2,1-4H3,(H,20,24);12-14H,4-11H2,1-3H3,(H,19,23)(H,26,27,28);/q;;+1/p-1/t13-,14?,15+;12-,13?,14+;/m11./s1. The zero-order chi connectivity index (χ0) is 45.6. The maximum atomic E-state index is 12.6. The maximum absolute atomic E-state index is 12.6. The van der Waals surface area contributed by atoms with Crippen LogP contribution in [0.1, 0.15) is 80.1 Å². The molecule has 0 saturated carbocycles. The number of fused-ring (bicyclic) bond motifs is 4. The number of hydrogen-bond acceptors (Lipinski definition) is 16. The van der Waals surface area contributed by atoms with E-state index in [2.05, 4.69) is 15.2 Å². The van der Waals surface area contributed by atoms with Gasteiger partial charge in [0.2, 0.25) is 10.4 Å². The van der Waals surface area contributed by atoms with Crippen molar-refractivity contribution in [1.82, 2.24) is 40.5 Å². The number of carbonyl (C=O) groups is 6. The van der Waals surface area contributed by atoms with E-state index in [4.69, 9.17) is 28.6 Å². The van der Waals surface area contributed by atoms with Crippen molar-refractivity contribution in [2.45, 2.75) is 128 Å². The summed E-state index contributed by atoms with van der Waals surface area (Å²) in [4.78, 5) is 92.6. The molecule has 24 nitrogen and oxygen atoms in total. The molecule has 4 bridgehead atoms. The number of rotatable bonds is 10. The summed E-state index contributed by atoms with van der Waals surface area (Å²) < 4.78 is 59.0.